The molecule has 5 nitrogen and oxygen atoms in total. The van der Waals surface area contributed by atoms with Gasteiger partial charge in [0, 0.05) is 5.88 Å². The topological polar surface area (TPSA) is 60.7 Å². The van der Waals surface area contributed by atoms with Gasteiger partial charge in [0.15, 0.2) is 23.0 Å². The number of hydrogen-bond acceptors (Lipinski definition) is 5. The summed E-state index contributed by atoms with van der Waals surface area (Å²) in [6.45, 7) is 7.97. The molecule has 2 aromatic rings. The lowest BCUT2D eigenvalue weighted by atomic mass is 10.0. The molecule has 0 atom stereocenters. The number of ether oxygens (including phenoxy) is 4. The summed E-state index contributed by atoms with van der Waals surface area (Å²) < 4.78 is 21.1. The second-order valence-electron chi connectivity index (χ2n) is 6.40. The van der Waals surface area contributed by atoms with Crippen molar-refractivity contribution in [2.75, 3.05) is 13.6 Å². The molecule has 0 aliphatic carbocycles. The van der Waals surface area contributed by atoms with Crippen LogP contribution < -0.4 is 18.9 Å². The van der Waals surface area contributed by atoms with Gasteiger partial charge < -0.3 is 18.9 Å². The van der Waals surface area contributed by atoms with Gasteiger partial charge in [-0.25, -0.2) is 0 Å². The number of nitrogens with zero attached hydrogens (tertiary/aromatic N) is 1. The monoisotopic (exact) mass is 411 g/mol. The third kappa shape index (κ3) is 4.85. The summed E-state index contributed by atoms with van der Waals surface area (Å²) in [5.74, 6) is 3.56. The van der Waals surface area contributed by atoms with E-state index < -0.39 is 0 Å². The molecule has 2 aliphatic heterocycles. The van der Waals surface area contributed by atoms with E-state index in [1.165, 1.54) is 0 Å². The maximum absolute atomic E-state index is 8.71. The molecule has 2 aromatic carbocycles. The molecule has 150 valence electrons. The minimum absolute atomic E-state index is 0.263. The Hall–Kier alpha value is -3.10. The van der Waals surface area contributed by atoms with Crippen LogP contribution >= 0.6 is 11.6 Å². The normalized spacial score (nSPS) is 12.6. The van der Waals surface area contributed by atoms with Crippen LogP contribution in [0.15, 0.2) is 49.6 Å². The molecule has 2 aliphatic rings. The van der Waals surface area contributed by atoms with Crippen molar-refractivity contribution in [3.05, 3.63) is 71.8 Å². The SMILES string of the molecule is C=CCc1cc2c(cc1CC#N)OCO2.C=CCc1cc2c(cc1CCl)OCO2. The zero-order valence-electron chi connectivity index (χ0n) is 16.1. The molecule has 4 rings (SSSR count). The van der Waals surface area contributed by atoms with Crippen LogP contribution in [0.5, 0.6) is 23.0 Å². The van der Waals surface area contributed by atoms with Crippen LogP contribution in [-0.2, 0) is 25.1 Å². The van der Waals surface area contributed by atoms with Gasteiger partial charge in [0.2, 0.25) is 13.6 Å². The Labute approximate surface area is 175 Å². The van der Waals surface area contributed by atoms with E-state index >= 15 is 0 Å². The Morgan fingerprint density at radius 3 is 1.62 bits per heavy atom. The molecule has 0 unspecified atom stereocenters. The first kappa shape index (κ1) is 20.6. The quantitative estimate of drug-likeness (QED) is 0.489. The van der Waals surface area contributed by atoms with E-state index in [2.05, 4.69) is 19.2 Å². The third-order valence-corrected chi connectivity index (χ3v) is 4.82. The molecule has 6 heteroatoms. The van der Waals surface area contributed by atoms with E-state index in [-0.39, 0.29) is 6.79 Å². The Morgan fingerprint density at radius 2 is 1.21 bits per heavy atom. The van der Waals surface area contributed by atoms with Gasteiger partial charge >= 0.3 is 0 Å². The van der Waals surface area contributed by atoms with Crippen LogP contribution in [0.1, 0.15) is 22.3 Å². The molecule has 0 saturated heterocycles. The van der Waals surface area contributed by atoms with Gasteiger partial charge in [-0.2, -0.15) is 5.26 Å². The van der Waals surface area contributed by atoms with Crippen molar-refractivity contribution in [3.63, 3.8) is 0 Å². The first-order valence-corrected chi connectivity index (χ1v) is 9.71. The van der Waals surface area contributed by atoms with Crippen molar-refractivity contribution < 1.29 is 18.9 Å². The molecule has 2 heterocycles. The van der Waals surface area contributed by atoms with E-state index in [9.17, 15) is 0 Å². The molecule has 0 bridgehead atoms. The van der Waals surface area contributed by atoms with E-state index in [0.717, 1.165) is 58.1 Å². The van der Waals surface area contributed by atoms with E-state index in [0.29, 0.717) is 19.1 Å². The van der Waals surface area contributed by atoms with Crippen molar-refractivity contribution in [1.82, 2.24) is 0 Å². The summed E-state index contributed by atoms with van der Waals surface area (Å²) in [5, 5.41) is 8.71. The highest BCUT2D eigenvalue weighted by Crippen LogP contribution is 2.36. The van der Waals surface area contributed by atoms with Gasteiger partial charge in [-0.1, -0.05) is 12.2 Å². The lowest BCUT2D eigenvalue weighted by Gasteiger charge is -2.06. The van der Waals surface area contributed by atoms with Crippen LogP contribution in [0.25, 0.3) is 0 Å². The minimum Gasteiger partial charge on any atom is -0.454 e. The molecule has 0 aromatic heterocycles. The second-order valence-corrected chi connectivity index (χ2v) is 6.67. The molecule has 0 radical (unpaired) electrons. The fraction of sp³-hybridized carbons (Fsp3) is 0.261. The first-order valence-electron chi connectivity index (χ1n) is 9.17. The van der Waals surface area contributed by atoms with E-state index in [1.807, 2.05) is 36.4 Å². The molecule has 29 heavy (non-hydrogen) atoms. The Kier molecular flexibility index (Phi) is 7.04. The Balaban J connectivity index is 0.000000166. The molecule has 0 saturated carbocycles. The summed E-state index contributed by atoms with van der Waals surface area (Å²) in [7, 11) is 0. The first-order chi connectivity index (χ1) is 14.2. The lowest BCUT2D eigenvalue weighted by Crippen LogP contribution is -1.92. The molecular formula is C23H22ClNO4. The fourth-order valence-corrected chi connectivity index (χ4v) is 3.37. The highest BCUT2D eigenvalue weighted by Gasteiger charge is 2.17. The van der Waals surface area contributed by atoms with Crippen LogP contribution in [0.4, 0.5) is 0 Å². The number of fused-ring (bicyclic) bond motifs is 2. The summed E-state index contributed by atoms with van der Waals surface area (Å²) in [4.78, 5) is 0. The summed E-state index contributed by atoms with van der Waals surface area (Å²) >= 11 is 5.84. The molecule has 0 spiro atoms. The Morgan fingerprint density at radius 1 is 0.793 bits per heavy atom. The fourth-order valence-electron chi connectivity index (χ4n) is 3.12. The highest BCUT2D eigenvalue weighted by atomic mass is 35.5. The number of alkyl halides is 1. The van der Waals surface area contributed by atoms with Gasteiger partial charge in [-0.05, 0) is 59.4 Å². The summed E-state index contributed by atoms with van der Waals surface area (Å²) in [5.41, 5.74) is 4.30. The minimum atomic E-state index is 0.263. The number of hydrogen-bond donors (Lipinski definition) is 0. The smallest absolute Gasteiger partial charge is 0.231 e. The van der Waals surface area contributed by atoms with Gasteiger partial charge in [-0.15, -0.1) is 24.8 Å². The van der Waals surface area contributed by atoms with E-state index in [4.69, 9.17) is 35.8 Å². The number of rotatable bonds is 6. The molecule has 0 N–H and O–H groups in total. The van der Waals surface area contributed by atoms with Crippen molar-refractivity contribution in [1.29, 1.82) is 5.26 Å². The Bertz CT molecular complexity index is 949. The average Bonchev–Trinajstić information content (AvgIpc) is 3.37. The van der Waals surface area contributed by atoms with Crippen LogP contribution in [0, 0.1) is 11.3 Å². The standard InChI is InChI=1S/C12H11NO2.C11H11ClO2/c1-2-3-9-6-11-12(15-8-14-11)7-10(9)4-5-13;1-2-3-8-4-10-11(14-7-13-10)5-9(8)6-12/h2,6-7H,1,3-4,8H2;2,4-5H,1,3,6-7H2. The van der Waals surface area contributed by atoms with Crippen LogP contribution in [-0.4, -0.2) is 13.6 Å². The van der Waals surface area contributed by atoms with E-state index in [1.54, 1.807) is 0 Å². The van der Waals surface area contributed by atoms with Crippen LogP contribution in [0.2, 0.25) is 0 Å². The third-order valence-electron chi connectivity index (χ3n) is 4.53. The summed E-state index contributed by atoms with van der Waals surface area (Å²) in [6, 6.07) is 9.86. The average molecular weight is 412 g/mol. The van der Waals surface area contributed by atoms with Gasteiger partial charge in [-0.3, -0.25) is 0 Å². The zero-order chi connectivity index (χ0) is 20.6. The van der Waals surface area contributed by atoms with Crippen LogP contribution in [0.3, 0.4) is 0 Å². The maximum Gasteiger partial charge on any atom is 0.231 e. The largest absolute Gasteiger partial charge is 0.454 e. The zero-order valence-corrected chi connectivity index (χ0v) is 16.8. The van der Waals surface area contributed by atoms with Gasteiger partial charge in [0.1, 0.15) is 0 Å². The van der Waals surface area contributed by atoms with Gasteiger partial charge in [0.05, 0.1) is 12.5 Å². The lowest BCUT2D eigenvalue weighted by molar-refractivity contribution is 0.173. The maximum atomic E-state index is 8.71. The number of benzene rings is 2. The molecule has 0 fully saturated rings. The van der Waals surface area contributed by atoms with Crippen molar-refractivity contribution in [2.24, 2.45) is 0 Å². The predicted molar refractivity (Wildman–Crippen MR) is 112 cm³/mol. The van der Waals surface area contributed by atoms with Crippen molar-refractivity contribution >= 4 is 11.6 Å². The number of allylic oxidation sites excluding steroid dienone is 2. The molecular weight excluding hydrogens is 390 g/mol. The number of halogens is 1. The summed E-state index contributed by atoms with van der Waals surface area (Å²) in [6.07, 6.45) is 5.61. The second kappa shape index (κ2) is 9.90. The number of nitriles is 1. The van der Waals surface area contributed by atoms with Crippen molar-refractivity contribution in [3.8, 4) is 29.1 Å². The van der Waals surface area contributed by atoms with Gasteiger partial charge in [0.25, 0.3) is 0 Å². The molecule has 0 amide bonds. The predicted octanol–water partition coefficient (Wildman–Crippen LogP) is 5.09. The highest BCUT2D eigenvalue weighted by molar-refractivity contribution is 6.17. The van der Waals surface area contributed by atoms with Crippen molar-refractivity contribution in [2.45, 2.75) is 25.1 Å².